The van der Waals surface area contributed by atoms with E-state index in [4.69, 9.17) is 5.11 Å². The van der Waals surface area contributed by atoms with E-state index in [0.29, 0.717) is 17.5 Å². The molecule has 2 aromatic rings. The topological polar surface area (TPSA) is 54.4 Å². The Morgan fingerprint density at radius 3 is 2.15 bits per heavy atom. The van der Waals surface area contributed by atoms with Crippen LogP contribution in [0, 0.1) is 0 Å². The lowest BCUT2D eigenvalue weighted by Crippen LogP contribution is -2.08. The van der Waals surface area contributed by atoms with Gasteiger partial charge in [0.15, 0.2) is 5.78 Å². The molecule has 1 unspecified atom stereocenters. The molecule has 1 atom stereocenters. The highest BCUT2D eigenvalue weighted by Gasteiger charge is 2.14. The fourth-order valence-corrected chi connectivity index (χ4v) is 1.98. The predicted octanol–water partition coefficient (Wildman–Crippen LogP) is 3.30. The minimum atomic E-state index is -0.867. The molecule has 2 aromatic carbocycles. The predicted molar refractivity (Wildman–Crippen MR) is 77.0 cm³/mol. The van der Waals surface area contributed by atoms with E-state index < -0.39 is 11.9 Å². The van der Waals surface area contributed by atoms with Crippen LogP contribution in [0.5, 0.6) is 0 Å². The number of rotatable bonds is 5. The van der Waals surface area contributed by atoms with E-state index in [1.165, 1.54) is 0 Å². The second-order valence-corrected chi connectivity index (χ2v) is 4.77. The van der Waals surface area contributed by atoms with Gasteiger partial charge in [-0.15, -0.1) is 0 Å². The van der Waals surface area contributed by atoms with Crippen LogP contribution in [0.15, 0.2) is 54.6 Å². The quantitative estimate of drug-likeness (QED) is 0.846. The number of carbonyl (C=O) groups excluding carboxylic acids is 1. The Morgan fingerprint density at radius 1 is 1.00 bits per heavy atom. The molecule has 0 aliphatic rings. The van der Waals surface area contributed by atoms with Crippen molar-refractivity contribution < 1.29 is 14.7 Å². The summed E-state index contributed by atoms with van der Waals surface area (Å²) < 4.78 is 0. The molecule has 3 nitrogen and oxygen atoms in total. The molecule has 0 radical (unpaired) electrons. The summed E-state index contributed by atoms with van der Waals surface area (Å²) in [5, 5.41) is 8.94. The van der Waals surface area contributed by atoms with Crippen molar-refractivity contribution in [2.75, 3.05) is 0 Å². The molecule has 3 heteroatoms. The van der Waals surface area contributed by atoms with Crippen LogP contribution in [0.3, 0.4) is 0 Å². The molecule has 0 heterocycles. The number of ketones is 1. The fraction of sp³-hybridized carbons (Fsp3) is 0.176. The summed E-state index contributed by atoms with van der Waals surface area (Å²) in [4.78, 5) is 23.0. The molecule has 0 amide bonds. The first kappa shape index (κ1) is 14.0. The van der Waals surface area contributed by atoms with E-state index in [0.717, 1.165) is 5.56 Å². The van der Waals surface area contributed by atoms with Crippen LogP contribution in [0.2, 0.25) is 0 Å². The lowest BCUT2D eigenvalue weighted by Gasteiger charge is -2.07. The Bertz CT molecular complexity index is 600. The lowest BCUT2D eigenvalue weighted by atomic mass is 9.97. The molecule has 0 saturated carbocycles. The van der Waals surface area contributed by atoms with Crippen LogP contribution in [0.1, 0.15) is 34.3 Å². The first-order valence-corrected chi connectivity index (χ1v) is 6.48. The summed E-state index contributed by atoms with van der Waals surface area (Å²) in [6.45, 7) is 1.63. The molecule has 0 bridgehead atoms. The van der Waals surface area contributed by atoms with Gasteiger partial charge in [0.2, 0.25) is 0 Å². The second kappa shape index (κ2) is 6.15. The Hall–Kier alpha value is -2.42. The highest BCUT2D eigenvalue weighted by Crippen LogP contribution is 2.17. The summed E-state index contributed by atoms with van der Waals surface area (Å²) in [7, 11) is 0. The van der Waals surface area contributed by atoms with Gasteiger partial charge in [0, 0.05) is 12.0 Å². The molecule has 1 N–H and O–H groups in total. The first-order valence-electron chi connectivity index (χ1n) is 6.48. The number of hydrogen-bond donors (Lipinski definition) is 1. The molecular weight excluding hydrogens is 252 g/mol. The summed E-state index contributed by atoms with van der Waals surface area (Å²) in [6.07, 6.45) is 0.356. The summed E-state index contributed by atoms with van der Waals surface area (Å²) in [5.74, 6) is -1.40. The van der Waals surface area contributed by atoms with Crippen molar-refractivity contribution >= 4 is 11.8 Å². The van der Waals surface area contributed by atoms with Gasteiger partial charge in [-0.2, -0.15) is 0 Å². The van der Waals surface area contributed by atoms with Crippen molar-refractivity contribution in [3.05, 3.63) is 71.3 Å². The molecule has 0 aliphatic carbocycles. The third kappa shape index (κ3) is 3.32. The molecule has 0 fully saturated rings. The molecule has 0 aromatic heterocycles. The van der Waals surface area contributed by atoms with Crippen molar-refractivity contribution in [1.82, 2.24) is 0 Å². The van der Waals surface area contributed by atoms with E-state index in [2.05, 4.69) is 0 Å². The first-order chi connectivity index (χ1) is 9.58. The molecule has 20 heavy (non-hydrogen) atoms. The van der Waals surface area contributed by atoms with Gasteiger partial charge >= 0.3 is 5.97 Å². The number of carboxylic acid groups (broad SMARTS) is 1. The highest BCUT2D eigenvalue weighted by atomic mass is 16.4. The minimum absolute atomic E-state index is 0.0331. The summed E-state index contributed by atoms with van der Waals surface area (Å²) in [6, 6.07) is 16.3. The lowest BCUT2D eigenvalue weighted by molar-refractivity contribution is -0.138. The number of hydrogen-bond acceptors (Lipinski definition) is 2. The van der Waals surface area contributed by atoms with E-state index >= 15 is 0 Å². The van der Waals surface area contributed by atoms with Crippen molar-refractivity contribution in [2.45, 2.75) is 19.3 Å². The third-order valence-corrected chi connectivity index (χ3v) is 3.31. The van der Waals surface area contributed by atoms with Crippen LogP contribution in [-0.4, -0.2) is 16.9 Å². The van der Waals surface area contributed by atoms with Crippen LogP contribution in [-0.2, 0) is 11.2 Å². The molecule has 0 spiro atoms. The van der Waals surface area contributed by atoms with Crippen LogP contribution >= 0.6 is 0 Å². The van der Waals surface area contributed by atoms with Crippen LogP contribution in [0.4, 0.5) is 0 Å². The standard InChI is InChI=1S/C17H16O3/c1-12(17(19)20)14-7-9-15(10-8-14)16(18)11-13-5-3-2-4-6-13/h2-10,12H,11H2,1H3,(H,19,20). The zero-order valence-electron chi connectivity index (χ0n) is 11.2. The van der Waals surface area contributed by atoms with Gasteiger partial charge in [0.1, 0.15) is 0 Å². The SMILES string of the molecule is CC(C(=O)O)c1ccc(C(=O)Cc2ccccc2)cc1. The van der Waals surface area contributed by atoms with Gasteiger partial charge < -0.3 is 5.11 Å². The minimum Gasteiger partial charge on any atom is -0.481 e. The van der Waals surface area contributed by atoms with E-state index in [1.807, 2.05) is 30.3 Å². The number of benzene rings is 2. The average molecular weight is 268 g/mol. The van der Waals surface area contributed by atoms with E-state index in [1.54, 1.807) is 31.2 Å². The van der Waals surface area contributed by atoms with Gasteiger partial charge in [-0.1, -0.05) is 54.6 Å². The zero-order valence-corrected chi connectivity index (χ0v) is 11.2. The number of aliphatic carboxylic acids is 1. The maximum Gasteiger partial charge on any atom is 0.310 e. The highest BCUT2D eigenvalue weighted by molar-refractivity contribution is 5.97. The van der Waals surface area contributed by atoms with Crippen molar-refractivity contribution in [1.29, 1.82) is 0 Å². The number of carboxylic acids is 1. The van der Waals surface area contributed by atoms with Crippen molar-refractivity contribution in [2.24, 2.45) is 0 Å². The Kier molecular flexibility index (Phi) is 4.31. The Morgan fingerprint density at radius 2 is 1.60 bits per heavy atom. The van der Waals surface area contributed by atoms with Crippen LogP contribution in [0.25, 0.3) is 0 Å². The largest absolute Gasteiger partial charge is 0.481 e. The monoisotopic (exact) mass is 268 g/mol. The zero-order chi connectivity index (χ0) is 14.5. The maximum absolute atomic E-state index is 12.1. The fourth-order valence-electron chi connectivity index (χ4n) is 1.98. The van der Waals surface area contributed by atoms with Crippen molar-refractivity contribution in [3.63, 3.8) is 0 Å². The second-order valence-electron chi connectivity index (χ2n) is 4.77. The van der Waals surface area contributed by atoms with Gasteiger partial charge in [0.25, 0.3) is 0 Å². The normalized spacial score (nSPS) is 11.8. The molecule has 0 aliphatic heterocycles. The van der Waals surface area contributed by atoms with Gasteiger partial charge in [-0.3, -0.25) is 9.59 Å². The van der Waals surface area contributed by atoms with E-state index in [9.17, 15) is 9.59 Å². The summed E-state index contributed by atoms with van der Waals surface area (Å²) >= 11 is 0. The smallest absolute Gasteiger partial charge is 0.310 e. The summed E-state index contributed by atoms with van der Waals surface area (Å²) in [5.41, 5.74) is 2.28. The maximum atomic E-state index is 12.1. The molecular formula is C17H16O3. The molecule has 0 saturated heterocycles. The van der Waals surface area contributed by atoms with Gasteiger partial charge in [0.05, 0.1) is 5.92 Å². The third-order valence-electron chi connectivity index (χ3n) is 3.31. The van der Waals surface area contributed by atoms with Gasteiger partial charge in [-0.05, 0) is 18.1 Å². The molecule has 2 rings (SSSR count). The van der Waals surface area contributed by atoms with E-state index in [-0.39, 0.29) is 5.78 Å². The van der Waals surface area contributed by atoms with Crippen LogP contribution < -0.4 is 0 Å². The van der Waals surface area contributed by atoms with Crippen molar-refractivity contribution in [3.8, 4) is 0 Å². The Labute approximate surface area is 117 Å². The number of Topliss-reactive ketones (excluding diaryl/α,β-unsaturated/α-hetero) is 1. The Balaban J connectivity index is 2.10. The molecule has 102 valence electrons. The van der Waals surface area contributed by atoms with Gasteiger partial charge in [-0.25, -0.2) is 0 Å². The average Bonchev–Trinajstić information content (AvgIpc) is 2.47. The number of carbonyl (C=O) groups is 2.